The highest BCUT2D eigenvalue weighted by atomic mass is 16.5. The average molecular weight is 286 g/mol. The Morgan fingerprint density at radius 1 is 1.24 bits per heavy atom. The Kier molecular flexibility index (Phi) is 4.25. The number of hydrogen-bond acceptors (Lipinski definition) is 3. The van der Waals surface area contributed by atoms with E-state index in [0.29, 0.717) is 0 Å². The van der Waals surface area contributed by atoms with Crippen molar-refractivity contribution in [3.8, 4) is 5.75 Å². The van der Waals surface area contributed by atoms with Gasteiger partial charge in [-0.05, 0) is 49.3 Å². The van der Waals surface area contributed by atoms with Crippen LogP contribution in [0.1, 0.15) is 17.5 Å². The summed E-state index contributed by atoms with van der Waals surface area (Å²) in [6, 6.07) is 6.11. The van der Waals surface area contributed by atoms with Gasteiger partial charge in [0.1, 0.15) is 5.75 Å². The minimum atomic E-state index is 0.113. The highest BCUT2D eigenvalue weighted by Crippen LogP contribution is 2.26. The van der Waals surface area contributed by atoms with E-state index in [2.05, 4.69) is 18.0 Å². The molecule has 1 amide bonds. The van der Waals surface area contributed by atoms with Crippen molar-refractivity contribution < 1.29 is 9.53 Å². The van der Waals surface area contributed by atoms with Crippen molar-refractivity contribution in [3.05, 3.63) is 35.4 Å². The number of hydrogen-bond donors (Lipinski definition) is 0. The summed E-state index contributed by atoms with van der Waals surface area (Å²) in [4.78, 5) is 16.5. The van der Waals surface area contributed by atoms with Crippen LogP contribution in [0.15, 0.2) is 24.3 Å². The number of rotatable bonds is 2. The molecule has 112 valence electrons. The summed E-state index contributed by atoms with van der Waals surface area (Å²) in [5.41, 5.74) is 2.31. The molecule has 0 bridgehead atoms. The van der Waals surface area contributed by atoms with Crippen LogP contribution in [-0.2, 0) is 11.2 Å². The molecule has 1 saturated heterocycles. The summed E-state index contributed by atoms with van der Waals surface area (Å²) >= 11 is 0. The monoisotopic (exact) mass is 286 g/mol. The molecule has 0 saturated carbocycles. The molecule has 0 radical (unpaired) electrons. The molecule has 0 spiro atoms. The number of carbonyl (C=O) groups excluding carboxylic acids is 1. The summed E-state index contributed by atoms with van der Waals surface area (Å²) in [5, 5.41) is 0. The minimum absolute atomic E-state index is 0.113. The number of carbonyl (C=O) groups is 1. The second-order valence-corrected chi connectivity index (χ2v) is 5.78. The Bertz CT molecular complexity index is 554. The maximum atomic E-state index is 12.3. The van der Waals surface area contributed by atoms with E-state index < -0.39 is 0 Å². The first-order valence-corrected chi connectivity index (χ1v) is 7.63. The van der Waals surface area contributed by atoms with Gasteiger partial charge in [-0.15, -0.1) is 0 Å². The highest BCUT2D eigenvalue weighted by Gasteiger charge is 2.15. The van der Waals surface area contributed by atoms with Gasteiger partial charge in [-0.1, -0.05) is 6.07 Å². The summed E-state index contributed by atoms with van der Waals surface area (Å²) in [5.74, 6) is 1.09. The SMILES string of the molecule is CN1CCCN(C(=O)/C=C/c2ccc3c(c2)CCO3)CC1. The normalized spacial score (nSPS) is 19.4. The van der Waals surface area contributed by atoms with E-state index in [0.717, 1.165) is 56.9 Å². The summed E-state index contributed by atoms with van der Waals surface area (Å²) in [7, 11) is 2.11. The standard InChI is InChI=1S/C17H22N2O2/c1-18-8-2-9-19(11-10-18)17(20)6-4-14-3-5-16-15(13-14)7-12-21-16/h3-6,13H,2,7-12H2,1H3/b6-4+. The fourth-order valence-corrected chi connectivity index (χ4v) is 2.85. The number of benzene rings is 1. The zero-order valence-electron chi connectivity index (χ0n) is 12.5. The highest BCUT2D eigenvalue weighted by molar-refractivity contribution is 5.91. The topological polar surface area (TPSA) is 32.8 Å². The van der Waals surface area contributed by atoms with Crippen LogP contribution in [0.25, 0.3) is 6.08 Å². The lowest BCUT2D eigenvalue weighted by Crippen LogP contribution is -2.33. The van der Waals surface area contributed by atoms with Crippen LogP contribution < -0.4 is 4.74 Å². The van der Waals surface area contributed by atoms with E-state index in [1.807, 2.05) is 23.1 Å². The third-order valence-corrected chi connectivity index (χ3v) is 4.16. The van der Waals surface area contributed by atoms with Gasteiger partial charge in [0.05, 0.1) is 6.61 Å². The van der Waals surface area contributed by atoms with Crippen molar-refractivity contribution >= 4 is 12.0 Å². The summed E-state index contributed by atoms with van der Waals surface area (Å²) < 4.78 is 5.49. The van der Waals surface area contributed by atoms with Crippen LogP contribution >= 0.6 is 0 Å². The van der Waals surface area contributed by atoms with E-state index in [9.17, 15) is 4.79 Å². The molecule has 1 aromatic carbocycles. The molecular formula is C17H22N2O2. The lowest BCUT2D eigenvalue weighted by Gasteiger charge is -2.18. The lowest BCUT2D eigenvalue weighted by molar-refractivity contribution is -0.125. The number of ether oxygens (including phenoxy) is 1. The zero-order valence-corrected chi connectivity index (χ0v) is 12.5. The van der Waals surface area contributed by atoms with E-state index in [4.69, 9.17) is 4.74 Å². The van der Waals surface area contributed by atoms with Crippen LogP contribution in [0.2, 0.25) is 0 Å². The van der Waals surface area contributed by atoms with Crippen molar-refractivity contribution in [1.29, 1.82) is 0 Å². The fraction of sp³-hybridized carbons (Fsp3) is 0.471. The molecule has 3 rings (SSSR count). The Morgan fingerprint density at radius 2 is 2.14 bits per heavy atom. The molecule has 0 aliphatic carbocycles. The molecule has 0 N–H and O–H groups in total. The molecule has 4 heteroatoms. The fourth-order valence-electron chi connectivity index (χ4n) is 2.85. The van der Waals surface area contributed by atoms with Crippen molar-refractivity contribution in [2.75, 3.05) is 39.8 Å². The third kappa shape index (κ3) is 3.45. The molecule has 0 atom stereocenters. The predicted molar refractivity (Wildman–Crippen MR) is 83.4 cm³/mol. The molecule has 1 fully saturated rings. The van der Waals surface area contributed by atoms with Gasteiger partial charge in [-0.25, -0.2) is 0 Å². The van der Waals surface area contributed by atoms with Gasteiger partial charge in [-0.2, -0.15) is 0 Å². The summed E-state index contributed by atoms with van der Waals surface area (Å²) in [6.07, 6.45) is 5.62. The van der Waals surface area contributed by atoms with Gasteiger partial charge in [0.2, 0.25) is 5.91 Å². The van der Waals surface area contributed by atoms with Gasteiger partial charge in [-0.3, -0.25) is 4.79 Å². The van der Waals surface area contributed by atoms with E-state index >= 15 is 0 Å². The predicted octanol–water partition coefficient (Wildman–Crippen LogP) is 1.80. The van der Waals surface area contributed by atoms with Crippen molar-refractivity contribution in [3.63, 3.8) is 0 Å². The van der Waals surface area contributed by atoms with Crippen LogP contribution in [-0.4, -0.2) is 55.5 Å². The van der Waals surface area contributed by atoms with Gasteiger partial charge in [0.15, 0.2) is 0 Å². The quantitative estimate of drug-likeness (QED) is 0.777. The van der Waals surface area contributed by atoms with Crippen LogP contribution in [0, 0.1) is 0 Å². The molecular weight excluding hydrogens is 264 g/mol. The van der Waals surface area contributed by atoms with Crippen LogP contribution in [0.5, 0.6) is 5.75 Å². The first-order valence-electron chi connectivity index (χ1n) is 7.63. The van der Waals surface area contributed by atoms with Crippen LogP contribution in [0.3, 0.4) is 0 Å². The average Bonchev–Trinajstić information content (AvgIpc) is 2.85. The first-order chi connectivity index (χ1) is 10.2. The molecule has 2 aliphatic rings. The minimum Gasteiger partial charge on any atom is -0.493 e. The molecule has 4 nitrogen and oxygen atoms in total. The third-order valence-electron chi connectivity index (χ3n) is 4.16. The maximum absolute atomic E-state index is 12.3. The van der Waals surface area contributed by atoms with E-state index in [1.54, 1.807) is 6.08 Å². The molecule has 21 heavy (non-hydrogen) atoms. The second-order valence-electron chi connectivity index (χ2n) is 5.78. The number of amides is 1. The molecule has 2 heterocycles. The lowest BCUT2D eigenvalue weighted by atomic mass is 10.1. The first kappa shape index (κ1) is 14.1. The second kappa shape index (κ2) is 6.31. The molecule has 0 unspecified atom stereocenters. The Balaban J connectivity index is 1.63. The van der Waals surface area contributed by atoms with E-state index in [-0.39, 0.29) is 5.91 Å². The maximum Gasteiger partial charge on any atom is 0.246 e. The van der Waals surface area contributed by atoms with Crippen molar-refractivity contribution in [2.24, 2.45) is 0 Å². The summed E-state index contributed by atoms with van der Waals surface area (Å²) in [6.45, 7) is 4.46. The van der Waals surface area contributed by atoms with E-state index in [1.165, 1.54) is 5.56 Å². The number of fused-ring (bicyclic) bond motifs is 1. The smallest absolute Gasteiger partial charge is 0.246 e. The Morgan fingerprint density at radius 3 is 3.05 bits per heavy atom. The van der Waals surface area contributed by atoms with Crippen molar-refractivity contribution in [2.45, 2.75) is 12.8 Å². The molecule has 2 aliphatic heterocycles. The van der Waals surface area contributed by atoms with Crippen LogP contribution in [0.4, 0.5) is 0 Å². The molecule has 1 aromatic rings. The van der Waals surface area contributed by atoms with Gasteiger partial charge in [0.25, 0.3) is 0 Å². The zero-order chi connectivity index (χ0) is 14.7. The number of nitrogens with zero attached hydrogens (tertiary/aromatic N) is 2. The molecule has 0 aromatic heterocycles. The van der Waals surface area contributed by atoms with Gasteiger partial charge >= 0.3 is 0 Å². The van der Waals surface area contributed by atoms with Gasteiger partial charge < -0.3 is 14.5 Å². The Labute approximate surface area is 126 Å². The van der Waals surface area contributed by atoms with Gasteiger partial charge in [0, 0.05) is 32.1 Å². The number of likely N-dealkylation sites (N-methyl/N-ethyl adjacent to an activating group) is 1. The van der Waals surface area contributed by atoms with Crippen molar-refractivity contribution in [1.82, 2.24) is 9.80 Å². The Hall–Kier alpha value is -1.81. The largest absolute Gasteiger partial charge is 0.493 e.